The lowest BCUT2D eigenvalue weighted by molar-refractivity contribution is -0.0927. The fourth-order valence-corrected chi connectivity index (χ4v) is 5.23. The lowest BCUT2D eigenvalue weighted by Crippen LogP contribution is -2.48. The molecule has 3 aliphatic heterocycles. The summed E-state index contributed by atoms with van der Waals surface area (Å²) in [7, 11) is 0. The van der Waals surface area contributed by atoms with Crippen molar-refractivity contribution in [3.05, 3.63) is 38.8 Å². The molecule has 1 fully saturated rings. The van der Waals surface area contributed by atoms with Crippen LogP contribution in [-0.2, 0) is 34.5 Å². The molecule has 7 heteroatoms. The SMILES string of the molecule is O=C(c1n[nH]c2c1COCC2)N1CCC2(CC1)OCCc1sccc12. The third-order valence-corrected chi connectivity index (χ3v) is 6.68. The second-order valence-electron chi connectivity index (χ2n) is 6.97. The van der Waals surface area contributed by atoms with Crippen LogP contribution in [0.5, 0.6) is 0 Å². The summed E-state index contributed by atoms with van der Waals surface area (Å²) < 4.78 is 11.7. The van der Waals surface area contributed by atoms with Crippen molar-refractivity contribution in [1.82, 2.24) is 15.1 Å². The summed E-state index contributed by atoms with van der Waals surface area (Å²) in [6, 6.07) is 2.21. The Hall–Kier alpha value is -1.70. The fraction of sp³-hybridized carbons (Fsp3) is 0.556. The monoisotopic (exact) mass is 359 g/mol. The molecule has 0 radical (unpaired) electrons. The minimum atomic E-state index is -0.196. The first-order valence-electron chi connectivity index (χ1n) is 8.91. The van der Waals surface area contributed by atoms with E-state index >= 15 is 0 Å². The highest BCUT2D eigenvalue weighted by Crippen LogP contribution is 2.43. The first-order chi connectivity index (χ1) is 12.3. The number of H-pyrrole nitrogens is 1. The molecule has 0 aromatic carbocycles. The van der Waals surface area contributed by atoms with Gasteiger partial charge in [0.1, 0.15) is 0 Å². The summed E-state index contributed by atoms with van der Waals surface area (Å²) in [4.78, 5) is 16.3. The molecule has 0 bridgehead atoms. The number of amides is 1. The summed E-state index contributed by atoms with van der Waals surface area (Å²) in [5, 5.41) is 9.45. The zero-order valence-corrected chi connectivity index (χ0v) is 14.9. The van der Waals surface area contributed by atoms with E-state index in [0.717, 1.165) is 43.5 Å². The standard InChI is InChI=1S/C18H21N3O3S/c22-17(16-12-11-23-8-1-14(12)19-20-16)21-6-4-18(5-7-21)13-3-10-25-15(13)2-9-24-18/h3,10H,1-2,4-9,11H2,(H,19,20). The lowest BCUT2D eigenvalue weighted by atomic mass is 9.82. The van der Waals surface area contributed by atoms with Crippen LogP contribution in [0.25, 0.3) is 0 Å². The average Bonchev–Trinajstić information content (AvgIpc) is 3.30. The van der Waals surface area contributed by atoms with E-state index in [1.807, 2.05) is 16.2 Å². The molecular formula is C18H21N3O3S. The van der Waals surface area contributed by atoms with E-state index in [1.165, 1.54) is 10.4 Å². The summed E-state index contributed by atoms with van der Waals surface area (Å²) in [5.41, 5.74) is 3.67. The first-order valence-corrected chi connectivity index (χ1v) is 9.79. The van der Waals surface area contributed by atoms with E-state index in [9.17, 15) is 4.79 Å². The van der Waals surface area contributed by atoms with Crippen molar-refractivity contribution in [1.29, 1.82) is 0 Å². The van der Waals surface area contributed by atoms with Crippen LogP contribution in [0.4, 0.5) is 0 Å². The van der Waals surface area contributed by atoms with Crippen LogP contribution in [0.15, 0.2) is 11.4 Å². The minimum absolute atomic E-state index is 0.0131. The maximum absolute atomic E-state index is 12.9. The third-order valence-electron chi connectivity index (χ3n) is 5.70. The van der Waals surface area contributed by atoms with Gasteiger partial charge >= 0.3 is 0 Å². The number of carbonyl (C=O) groups is 1. The number of hydrogen-bond acceptors (Lipinski definition) is 5. The van der Waals surface area contributed by atoms with Gasteiger partial charge in [-0.2, -0.15) is 5.10 Å². The van der Waals surface area contributed by atoms with E-state index in [2.05, 4.69) is 21.6 Å². The molecule has 1 amide bonds. The van der Waals surface area contributed by atoms with Gasteiger partial charge in [-0.15, -0.1) is 11.3 Å². The number of fused-ring (bicyclic) bond motifs is 3. The van der Waals surface area contributed by atoms with E-state index in [0.29, 0.717) is 32.0 Å². The summed E-state index contributed by atoms with van der Waals surface area (Å²) in [6.45, 7) is 3.36. The van der Waals surface area contributed by atoms with Crippen LogP contribution in [0, 0.1) is 0 Å². The molecule has 2 aromatic rings. The van der Waals surface area contributed by atoms with Gasteiger partial charge in [0.15, 0.2) is 5.69 Å². The first kappa shape index (κ1) is 15.5. The zero-order chi connectivity index (χ0) is 16.9. The predicted octanol–water partition coefficient (Wildman–Crippen LogP) is 2.25. The average molecular weight is 359 g/mol. The van der Waals surface area contributed by atoms with Gasteiger partial charge in [0, 0.05) is 42.1 Å². The maximum Gasteiger partial charge on any atom is 0.274 e. The van der Waals surface area contributed by atoms with Crippen LogP contribution in [-0.4, -0.2) is 47.3 Å². The minimum Gasteiger partial charge on any atom is -0.376 e. The number of aromatic amines is 1. The molecule has 0 saturated carbocycles. The Morgan fingerprint density at radius 2 is 2.16 bits per heavy atom. The van der Waals surface area contributed by atoms with E-state index < -0.39 is 0 Å². The highest BCUT2D eigenvalue weighted by atomic mass is 32.1. The Kier molecular flexibility index (Phi) is 3.69. The Labute approximate surface area is 150 Å². The van der Waals surface area contributed by atoms with Crippen molar-refractivity contribution in [2.75, 3.05) is 26.3 Å². The largest absolute Gasteiger partial charge is 0.376 e. The van der Waals surface area contributed by atoms with Gasteiger partial charge in [-0.1, -0.05) is 0 Å². The molecule has 1 N–H and O–H groups in total. The molecule has 5 rings (SSSR count). The van der Waals surface area contributed by atoms with Crippen molar-refractivity contribution in [2.24, 2.45) is 0 Å². The van der Waals surface area contributed by atoms with Crippen LogP contribution < -0.4 is 0 Å². The Balaban J connectivity index is 1.34. The van der Waals surface area contributed by atoms with Gasteiger partial charge in [0.25, 0.3) is 5.91 Å². The van der Waals surface area contributed by atoms with Crippen molar-refractivity contribution >= 4 is 17.2 Å². The highest BCUT2D eigenvalue weighted by Gasteiger charge is 2.42. The van der Waals surface area contributed by atoms with Gasteiger partial charge in [-0.3, -0.25) is 9.89 Å². The molecule has 3 aliphatic rings. The Bertz CT molecular complexity index is 804. The molecule has 1 saturated heterocycles. The quantitative estimate of drug-likeness (QED) is 0.848. The molecule has 6 nitrogen and oxygen atoms in total. The van der Waals surface area contributed by atoms with Crippen molar-refractivity contribution in [2.45, 2.75) is 37.9 Å². The van der Waals surface area contributed by atoms with Crippen LogP contribution in [0.3, 0.4) is 0 Å². The molecule has 132 valence electrons. The van der Waals surface area contributed by atoms with Crippen LogP contribution >= 0.6 is 11.3 Å². The Morgan fingerprint density at radius 3 is 3.04 bits per heavy atom. The van der Waals surface area contributed by atoms with E-state index in [1.54, 1.807) is 0 Å². The molecule has 5 heterocycles. The lowest BCUT2D eigenvalue weighted by Gasteiger charge is -2.44. The molecule has 25 heavy (non-hydrogen) atoms. The smallest absolute Gasteiger partial charge is 0.274 e. The van der Waals surface area contributed by atoms with Crippen molar-refractivity contribution in [3.63, 3.8) is 0 Å². The second kappa shape index (κ2) is 5.93. The number of likely N-dealkylation sites (tertiary alicyclic amines) is 1. The third kappa shape index (κ3) is 2.45. The number of piperidine rings is 1. The van der Waals surface area contributed by atoms with E-state index in [4.69, 9.17) is 9.47 Å². The molecule has 0 aliphatic carbocycles. The van der Waals surface area contributed by atoms with Crippen molar-refractivity contribution < 1.29 is 14.3 Å². The molecule has 1 spiro atoms. The number of hydrogen-bond donors (Lipinski definition) is 1. The fourth-order valence-electron chi connectivity index (χ4n) is 4.28. The number of nitrogens with zero attached hydrogens (tertiary/aromatic N) is 2. The number of aromatic nitrogens is 2. The van der Waals surface area contributed by atoms with Crippen LogP contribution in [0.1, 0.15) is 45.0 Å². The highest BCUT2D eigenvalue weighted by molar-refractivity contribution is 7.10. The second-order valence-corrected chi connectivity index (χ2v) is 7.97. The molecule has 0 atom stereocenters. The van der Waals surface area contributed by atoms with Crippen LogP contribution in [0.2, 0.25) is 0 Å². The molecule has 0 unspecified atom stereocenters. The number of nitrogens with one attached hydrogen (secondary N) is 1. The van der Waals surface area contributed by atoms with Gasteiger partial charge in [-0.05, 0) is 29.9 Å². The molecular weight excluding hydrogens is 338 g/mol. The maximum atomic E-state index is 12.9. The molecule has 2 aromatic heterocycles. The zero-order valence-electron chi connectivity index (χ0n) is 14.0. The number of ether oxygens (including phenoxy) is 2. The predicted molar refractivity (Wildman–Crippen MR) is 92.7 cm³/mol. The summed E-state index contributed by atoms with van der Waals surface area (Å²) in [5.74, 6) is 0.0131. The summed E-state index contributed by atoms with van der Waals surface area (Å²) >= 11 is 1.82. The topological polar surface area (TPSA) is 67.5 Å². The van der Waals surface area contributed by atoms with Gasteiger partial charge < -0.3 is 14.4 Å². The number of rotatable bonds is 1. The van der Waals surface area contributed by atoms with Gasteiger partial charge in [-0.25, -0.2) is 0 Å². The number of thiophene rings is 1. The Morgan fingerprint density at radius 1 is 1.28 bits per heavy atom. The summed E-state index contributed by atoms with van der Waals surface area (Å²) in [6.07, 6.45) is 3.52. The van der Waals surface area contributed by atoms with Crippen molar-refractivity contribution in [3.8, 4) is 0 Å². The number of carbonyl (C=O) groups excluding carboxylic acids is 1. The van der Waals surface area contributed by atoms with Gasteiger partial charge in [0.05, 0.1) is 25.4 Å². The van der Waals surface area contributed by atoms with Gasteiger partial charge in [0.2, 0.25) is 0 Å². The normalized spacial score (nSPS) is 21.8. The van der Waals surface area contributed by atoms with E-state index in [-0.39, 0.29) is 11.5 Å².